The first-order valence-electron chi connectivity index (χ1n) is 4.70. The molecule has 3 atom stereocenters. The summed E-state index contributed by atoms with van der Waals surface area (Å²) >= 11 is 2.52. The zero-order valence-corrected chi connectivity index (χ0v) is 10.5. The average molecular weight is 315 g/mol. The number of carbonyl (C=O) groups excluding carboxylic acids is 2. The third-order valence-electron chi connectivity index (χ3n) is 2.04. The van der Waals surface area contributed by atoms with Gasteiger partial charge in [-0.25, -0.2) is 9.18 Å². The molecule has 1 unspecified atom stereocenters. The molecule has 0 aromatic rings. The lowest BCUT2D eigenvalue weighted by Gasteiger charge is -2.32. The van der Waals surface area contributed by atoms with Crippen molar-refractivity contribution in [1.29, 1.82) is 0 Å². The van der Waals surface area contributed by atoms with Gasteiger partial charge in [-0.3, -0.25) is 10.1 Å². The van der Waals surface area contributed by atoms with Crippen LogP contribution in [0.15, 0.2) is 0 Å². The van der Waals surface area contributed by atoms with Gasteiger partial charge in [-0.1, -0.05) is 0 Å². The van der Waals surface area contributed by atoms with E-state index in [2.05, 4.69) is 26.0 Å². The zero-order chi connectivity index (χ0) is 13.1. The van der Waals surface area contributed by atoms with Crippen molar-refractivity contribution in [1.82, 2.24) is 10.6 Å². The molecule has 1 aliphatic rings. The first-order valence-corrected chi connectivity index (χ1v) is 5.49. The molecule has 0 aromatic carbocycles. The number of hydrogen-bond acceptors (Lipinski definition) is 5. The molecule has 7 nitrogen and oxygen atoms in total. The average Bonchev–Trinajstić information content (AvgIpc) is 2.25. The number of ether oxygens (including phenoxy) is 2. The van der Waals surface area contributed by atoms with Crippen LogP contribution in [0.5, 0.6) is 0 Å². The Morgan fingerprint density at radius 1 is 1.65 bits per heavy atom. The van der Waals surface area contributed by atoms with Crippen LogP contribution in [0.3, 0.4) is 0 Å². The van der Waals surface area contributed by atoms with E-state index in [0.717, 1.165) is 0 Å². The van der Waals surface area contributed by atoms with Crippen LogP contribution in [0, 0.1) is 0 Å². The van der Waals surface area contributed by atoms with Gasteiger partial charge < -0.3 is 19.9 Å². The second-order valence-electron chi connectivity index (χ2n) is 3.28. The first kappa shape index (κ1) is 14.3. The summed E-state index contributed by atoms with van der Waals surface area (Å²) in [6.07, 6.45) is -2.44. The number of methoxy groups -OCH3 is 1. The van der Waals surface area contributed by atoms with E-state index in [1.54, 1.807) is 5.32 Å². The van der Waals surface area contributed by atoms with Crippen LogP contribution in [0.4, 0.5) is 9.18 Å². The summed E-state index contributed by atoms with van der Waals surface area (Å²) < 4.78 is 20.7. The second kappa shape index (κ2) is 5.71. The molecule has 17 heavy (non-hydrogen) atoms. The molecule has 0 saturated carbocycles. The van der Waals surface area contributed by atoms with E-state index in [1.165, 1.54) is 7.11 Å². The molecule has 1 aliphatic heterocycles. The number of urea groups is 1. The van der Waals surface area contributed by atoms with Crippen LogP contribution < -0.4 is 10.6 Å². The number of aliphatic hydroxyl groups is 1. The minimum atomic E-state index is -2.54. The van der Waals surface area contributed by atoms with Crippen molar-refractivity contribution in [2.75, 3.05) is 13.7 Å². The number of amides is 3. The lowest BCUT2D eigenvalue weighted by Crippen LogP contribution is -2.65. The topological polar surface area (TPSA) is 96.9 Å². The van der Waals surface area contributed by atoms with E-state index >= 15 is 0 Å². The van der Waals surface area contributed by atoms with Gasteiger partial charge >= 0.3 is 6.03 Å². The summed E-state index contributed by atoms with van der Waals surface area (Å²) in [5.74, 6) is -1.14. The quantitative estimate of drug-likeness (QED) is 0.473. The van der Waals surface area contributed by atoms with E-state index < -0.39 is 29.0 Å². The Balaban J connectivity index is 2.50. The molecule has 98 valence electrons. The van der Waals surface area contributed by atoms with Crippen molar-refractivity contribution in [3.05, 3.63) is 0 Å². The largest absolute Gasteiger partial charge is 0.368 e. The van der Waals surface area contributed by atoms with Gasteiger partial charge in [0.25, 0.3) is 10.5 Å². The molecule has 0 spiro atoms. The van der Waals surface area contributed by atoms with Crippen LogP contribution in [-0.4, -0.2) is 47.9 Å². The Morgan fingerprint density at radius 3 is 2.88 bits per heavy atom. The Morgan fingerprint density at radius 2 is 2.29 bits per heavy atom. The fourth-order valence-electron chi connectivity index (χ4n) is 1.10. The van der Waals surface area contributed by atoms with Crippen LogP contribution in [0.1, 0.15) is 6.42 Å². The minimum Gasteiger partial charge on any atom is -0.368 e. The van der Waals surface area contributed by atoms with E-state index in [4.69, 9.17) is 9.84 Å². The van der Waals surface area contributed by atoms with E-state index in [1.807, 2.05) is 0 Å². The van der Waals surface area contributed by atoms with E-state index in [0.29, 0.717) is 0 Å². The molecular formula is C8H12BrFN2O5. The Bertz CT molecular complexity index is 314. The maximum atomic E-state index is 13.8. The van der Waals surface area contributed by atoms with Crippen molar-refractivity contribution >= 4 is 27.9 Å². The zero-order valence-electron chi connectivity index (χ0n) is 8.91. The first-order chi connectivity index (χ1) is 7.87. The third kappa shape index (κ3) is 3.60. The van der Waals surface area contributed by atoms with Gasteiger partial charge in [-0.05, 0) is 15.9 Å². The van der Waals surface area contributed by atoms with Gasteiger partial charge in [0.05, 0.1) is 6.61 Å². The number of carbonyl (C=O) groups is 2. The molecule has 0 radical (unpaired) electrons. The van der Waals surface area contributed by atoms with Crippen molar-refractivity contribution in [3.8, 4) is 0 Å². The number of halogens is 2. The molecule has 3 N–H and O–H groups in total. The summed E-state index contributed by atoms with van der Waals surface area (Å²) in [6, 6.07) is -0.847. The number of rotatable bonds is 5. The van der Waals surface area contributed by atoms with Gasteiger partial charge in [0.15, 0.2) is 12.5 Å². The molecule has 1 rings (SSSR count). The summed E-state index contributed by atoms with van der Waals surface area (Å²) in [4.78, 5) is 22.1. The molecule has 0 aliphatic carbocycles. The monoisotopic (exact) mass is 314 g/mol. The van der Waals surface area contributed by atoms with Crippen LogP contribution in [0.25, 0.3) is 0 Å². The standard InChI is InChI=1S/C8H12BrFN2O5/c1-16-4(13)2-3-17-6-8(9,10)5(14)11-7(15)12-6/h4,6,13H,2-3H2,1H3,(H2,11,12,14,15)/t4?,6-,8-/m1/s1. The molecule has 9 heteroatoms. The van der Waals surface area contributed by atoms with Crippen LogP contribution in [-0.2, 0) is 14.3 Å². The number of alkyl halides is 2. The Kier molecular flexibility index (Phi) is 4.80. The van der Waals surface area contributed by atoms with Gasteiger partial charge in [0.2, 0.25) is 0 Å². The highest BCUT2D eigenvalue weighted by molar-refractivity contribution is 9.10. The minimum absolute atomic E-state index is 0.0770. The normalized spacial score (nSPS) is 30.7. The Labute approximate surface area is 105 Å². The predicted molar refractivity (Wildman–Crippen MR) is 56.8 cm³/mol. The second-order valence-corrected chi connectivity index (χ2v) is 4.43. The fraction of sp³-hybridized carbons (Fsp3) is 0.750. The number of aliphatic hydroxyl groups excluding tert-OH is 1. The van der Waals surface area contributed by atoms with Gasteiger partial charge in [-0.2, -0.15) is 0 Å². The van der Waals surface area contributed by atoms with Crippen molar-refractivity contribution in [2.24, 2.45) is 0 Å². The third-order valence-corrected chi connectivity index (χ3v) is 2.82. The van der Waals surface area contributed by atoms with Crippen LogP contribution >= 0.6 is 15.9 Å². The molecule has 0 aromatic heterocycles. The molecule has 0 bridgehead atoms. The highest BCUT2D eigenvalue weighted by Gasteiger charge is 2.50. The lowest BCUT2D eigenvalue weighted by molar-refractivity contribution is -0.140. The predicted octanol–water partition coefficient (Wildman–Crippen LogP) is -0.416. The molecule has 1 heterocycles. The van der Waals surface area contributed by atoms with Gasteiger partial charge in [0.1, 0.15) is 0 Å². The maximum absolute atomic E-state index is 13.8. The van der Waals surface area contributed by atoms with Crippen molar-refractivity contribution < 1.29 is 28.6 Å². The van der Waals surface area contributed by atoms with Crippen molar-refractivity contribution in [2.45, 2.75) is 23.5 Å². The Hall–Kier alpha value is -0.770. The van der Waals surface area contributed by atoms with Crippen molar-refractivity contribution in [3.63, 3.8) is 0 Å². The number of nitrogens with one attached hydrogen (secondary N) is 2. The summed E-state index contributed by atoms with van der Waals surface area (Å²) in [7, 11) is 1.30. The summed E-state index contributed by atoms with van der Waals surface area (Å²) in [5, 5.41) is 12.9. The molecule has 1 fully saturated rings. The van der Waals surface area contributed by atoms with Gasteiger partial charge in [0, 0.05) is 13.5 Å². The molecule has 1 saturated heterocycles. The highest BCUT2D eigenvalue weighted by atomic mass is 79.9. The summed E-state index contributed by atoms with van der Waals surface area (Å²) in [6.45, 7) is -0.0928. The molecule has 3 amide bonds. The lowest BCUT2D eigenvalue weighted by atomic mass is 10.2. The molecular weight excluding hydrogens is 303 g/mol. The van der Waals surface area contributed by atoms with Crippen LogP contribution in [0.2, 0.25) is 0 Å². The fourth-order valence-corrected chi connectivity index (χ4v) is 1.45. The number of hydrogen-bond donors (Lipinski definition) is 3. The SMILES string of the molecule is COC(O)CCO[C@H]1NC(=O)NC(=O)[C@]1(F)Br. The van der Waals surface area contributed by atoms with Gasteiger partial charge in [-0.15, -0.1) is 0 Å². The van der Waals surface area contributed by atoms with E-state index in [-0.39, 0.29) is 13.0 Å². The summed E-state index contributed by atoms with van der Waals surface area (Å²) in [5.41, 5.74) is 0. The maximum Gasteiger partial charge on any atom is 0.323 e. The smallest absolute Gasteiger partial charge is 0.323 e. The van der Waals surface area contributed by atoms with E-state index in [9.17, 15) is 14.0 Å². The number of imide groups is 1. The highest BCUT2D eigenvalue weighted by Crippen LogP contribution is 2.28.